The Balaban J connectivity index is 0.00000144. The zero-order valence-corrected chi connectivity index (χ0v) is 8.49. The molecule has 0 aliphatic carbocycles. The summed E-state index contributed by atoms with van der Waals surface area (Å²) in [4.78, 5) is 0. The van der Waals surface area contributed by atoms with Crippen LogP contribution in [0.4, 0.5) is 0 Å². The molecule has 1 aromatic carbocycles. The number of rotatable bonds is 3. The second-order valence-electron chi connectivity index (χ2n) is 3.15. The van der Waals surface area contributed by atoms with Crippen LogP contribution in [0.25, 0.3) is 0 Å². The van der Waals surface area contributed by atoms with Crippen LogP contribution in [0.5, 0.6) is 0 Å². The largest absolute Gasteiger partial charge is 0.412 e. The molecule has 0 saturated carbocycles. The lowest BCUT2D eigenvalue weighted by atomic mass is 10.2. The van der Waals surface area contributed by atoms with Gasteiger partial charge in [-0.2, -0.15) is 0 Å². The smallest absolute Gasteiger partial charge is 0.0380 e. The number of hydrogen-bond donors (Lipinski definition) is 0. The number of hydrogen-bond acceptors (Lipinski definition) is 2. The molecular weight excluding hydrogens is 164 g/mol. The third-order valence-corrected chi connectivity index (χ3v) is 1.94. The fourth-order valence-electron chi connectivity index (χ4n) is 0.989. The lowest BCUT2D eigenvalue weighted by molar-refractivity contribution is 0.0476. The van der Waals surface area contributed by atoms with Gasteiger partial charge in [0.15, 0.2) is 0 Å². The Morgan fingerprint density at radius 1 is 1.00 bits per heavy atom. The number of benzene rings is 1. The highest BCUT2D eigenvalue weighted by molar-refractivity contribution is 5.14. The maximum atomic E-state index is 2.16. The molecule has 0 aliphatic rings. The van der Waals surface area contributed by atoms with Crippen molar-refractivity contribution in [2.75, 3.05) is 21.1 Å². The first-order valence-corrected chi connectivity index (χ1v) is 4.12. The van der Waals surface area contributed by atoms with Crippen LogP contribution in [0.3, 0.4) is 0 Å². The second kappa shape index (κ2) is 5.70. The van der Waals surface area contributed by atoms with E-state index in [-0.39, 0.29) is 5.48 Å². The fraction of sp³-hybridized carbons (Fsp3) is 0.400. The molecule has 0 radical (unpaired) electrons. The Kier molecular flexibility index (Phi) is 5.30. The lowest BCUT2D eigenvalue weighted by Crippen LogP contribution is -2.32. The molecule has 0 saturated heterocycles. The van der Waals surface area contributed by atoms with Crippen molar-refractivity contribution in [2.24, 2.45) is 0 Å². The van der Waals surface area contributed by atoms with Gasteiger partial charge in [0.1, 0.15) is 0 Å². The van der Waals surface area contributed by atoms with Gasteiger partial charge in [-0.1, -0.05) is 30.3 Å². The van der Waals surface area contributed by atoms with E-state index in [4.69, 9.17) is 0 Å². The van der Waals surface area contributed by atoms with Crippen molar-refractivity contribution < 1.29 is 5.48 Å². The summed E-state index contributed by atoms with van der Waals surface area (Å²) < 4.78 is 0. The molecule has 0 unspecified atom stereocenters. The standard InChI is InChI=1S/C10H16N2.H2O/c1-11(2)12(3)9-10-7-5-4-6-8-10;/h4-8H,9H2,1-3H3;1H2. The topological polar surface area (TPSA) is 38.0 Å². The molecule has 13 heavy (non-hydrogen) atoms. The molecule has 0 aliphatic heterocycles. The molecular formula is C10H18N2O. The molecule has 0 amide bonds. The SMILES string of the molecule is CN(C)N(C)Cc1ccccc1.O. The van der Waals surface area contributed by atoms with Crippen molar-refractivity contribution in [2.45, 2.75) is 6.54 Å². The Bertz CT molecular complexity index is 224. The Morgan fingerprint density at radius 2 is 1.54 bits per heavy atom. The van der Waals surface area contributed by atoms with Crippen molar-refractivity contribution >= 4 is 0 Å². The summed E-state index contributed by atoms with van der Waals surface area (Å²) in [7, 11) is 6.17. The van der Waals surface area contributed by atoms with Crippen LogP contribution >= 0.6 is 0 Å². The van der Waals surface area contributed by atoms with Gasteiger partial charge in [-0.15, -0.1) is 0 Å². The van der Waals surface area contributed by atoms with Crippen molar-refractivity contribution in [1.82, 2.24) is 10.0 Å². The van der Waals surface area contributed by atoms with E-state index in [1.165, 1.54) is 5.56 Å². The Hall–Kier alpha value is -0.900. The summed E-state index contributed by atoms with van der Waals surface area (Å²) >= 11 is 0. The predicted octanol–water partition coefficient (Wildman–Crippen LogP) is 0.770. The van der Waals surface area contributed by atoms with Crippen LogP contribution in [0.15, 0.2) is 30.3 Å². The van der Waals surface area contributed by atoms with Gasteiger partial charge in [0.05, 0.1) is 0 Å². The van der Waals surface area contributed by atoms with Crippen LogP contribution < -0.4 is 0 Å². The van der Waals surface area contributed by atoms with Crippen LogP contribution in [0.1, 0.15) is 5.56 Å². The molecule has 0 fully saturated rings. The molecule has 2 N–H and O–H groups in total. The molecule has 3 nitrogen and oxygen atoms in total. The summed E-state index contributed by atoms with van der Waals surface area (Å²) in [6.45, 7) is 0.966. The molecule has 0 bridgehead atoms. The van der Waals surface area contributed by atoms with E-state index in [0.717, 1.165) is 6.54 Å². The predicted molar refractivity (Wildman–Crippen MR) is 55.2 cm³/mol. The summed E-state index contributed by atoms with van der Waals surface area (Å²) in [5, 5.41) is 4.24. The van der Waals surface area contributed by atoms with Gasteiger partial charge in [-0.05, 0) is 5.56 Å². The third kappa shape index (κ3) is 4.03. The van der Waals surface area contributed by atoms with Gasteiger partial charge in [-0.25, -0.2) is 10.0 Å². The number of hydrazine groups is 1. The van der Waals surface area contributed by atoms with E-state index in [1.54, 1.807) is 0 Å². The van der Waals surface area contributed by atoms with E-state index in [2.05, 4.69) is 41.3 Å². The quantitative estimate of drug-likeness (QED) is 0.648. The first-order valence-electron chi connectivity index (χ1n) is 4.12. The normalized spacial score (nSPS) is 10.2. The van der Waals surface area contributed by atoms with Gasteiger partial charge in [0, 0.05) is 27.7 Å². The van der Waals surface area contributed by atoms with E-state index in [0.29, 0.717) is 0 Å². The molecule has 1 aromatic rings. The van der Waals surface area contributed by atoms with Gasteiger partial charge < -0.3 is 5.48 Å². The lowest BCUT2D eigenvalue weighted by Gasteiger charge is -2.23. The molecule has 3 heteroatoms. The minimum Gasteiger partial charge on any atom is -0.412 e. The molecule has 74 valence electrons. The van der Waals surface area contributed by atoms with Gasteiger partial charge in [0.2, 0.25) is 0 Å². The van der Waals surface area contributed by atoms with Crippen LogP contribution in [-0.2, 0) is 6.54 Å². The minimum atomic E-state index is 0. The van der Waals surface area contributed by atoms with Gasteiger partial charge in [-0.3, -0.25) is 0 Å². The van der Waals surface area contributed by atoms with Crippen LogP contribution in [0, 0.1) is 0 Å². The third-order valence-electron chi connectivity index (χ3n) is 1.94. The summed E-state index contributed by atoms with van der Waals surface area (Å²) in [6.07, 6.45) is 0. The first-order chi connectivity index (χ1) is 5.70. The van der Waals surface area contributed by atoms with Crippen LogP contribution in [0.2, 0.25) is 0 Å². The monoisotopic (exact) mass is 182 g/mol. The molecule has 0 atom stereocenters. The fourth-order valence-corrected chi connectivity index (χ4v) is 0.989. The van der Waals surface area contributed by atoms with E-state index in [1.807, 2.05) is 20.2 Å². The molecule has 0 heterocycles. The molecule has 0 spiro atoms. The summed E-state index contributed by atoms with van der Waals surface area (Å²) in [5.74, 6) is 0. The first kappa shape index (κ1) is 12.1. The Morgan fingerprint density at radius 3 is 2.00 bits per heavy atom. The van der Waals surface area contributed by atoms with Crippen molar-refractivity contribution in [3.8, 4) is 0 Å². The minimum absolute atomic E-state index is 0. The number of nitrogens with zero attached hydrogens (tertiary/aromatic N) is 2. The zero-order chi connectivity index (χ0) is 8.97. The van der Waals surface area contributed by atoms with Gasteiger partial charge >= 0.3 is 0 Å². The second-order valence-corrected chi connectivity index (χ2v) is 3.15. The maximum absolute atomic E-state index is 2.16. The summed E-state index contributed by atoms with van der Waals surface area (Å²) in [6, 6.07) is 10.5. The zero-order valence-electron chi connectivity index (χ0n) is 8.49. The van der Waals surface area contributed by atoms with Gasteiger partial charge in [0.25, 0.3) is 0 Å². The van der Waals surface area contributed by atoms with E-state index < -0.39 is 0 Å². The highest BCUT2D eigenvalue weighted by Gasteiger charge is 1.99. The van der Waals surface area contributed by atoms with E-state index >= 15 is 0 Å². The summed E-state index contributed by atoms with van der Waals surface area (Å²) in [5.41, 5.74) is 1.34. The maximum Gasteiger partial charge on any atom is 0.0380 e. The Labute approximate surface area is 79.9 Å². The average Bonchev–Trinajstić information content (AvgIpc) is 2.06. The highest BCUT2D eigenvalue weighted by Crippen LogP contribution is 2.02. The highest BCUT2D eigenvalue weighted by atomic mass is 16.0. The van der Waals surface area contributed by atoms with Crippen molar-refractivity contribution in [3.05, 3.63) is 35.9 Å². The average molecular weight is 182 g/mol. The molecule has 1 rings (SSSR count). The van der Waals surface area contributed by atoms with Crippen molar-refractivity contribution in [3.63, 3.8) is 0 Å². The van der Waals surface area contributed by atoms with Crippen molar-refractivity contribution in [1.29, 1.82) is 0 Å². The van der Waals surface area contributed by atoms with Crippen LogP contribution in [-0.4, -0.2) is 36.6 Å². The van der Waals surface area contributed by atoms with E-state index in [9.17, 15) is 0 Å². The molecule has 0 aromatic heterocycles.